The SMILES string of the molecule is COc1cccc([C@H](C)N(c2cccc(C)c2)S(=O)(=O)c2ccc(NC(C)=O)cc2)c1. The Morgan fingerprint density at radius 1 is 1.00 bits per heavy atom. The Bertz CT molecular complexity index is 1170. The number of anilines is 2. The molecule has 0 unspecified atom stereocenters. The summed E-state index contributed by atoms with van der Waals surface area (Å²) in [6, 6.07) is 20.5. The van der Waals surface area contributed by atoms with Crippen molar-refractivity contribution in [3.05, 3.63) is 83.9 Å². The van der Waals surface area contributed by atoms with Crippen molar-refractivity contribution >= 4 is 27.3 Å². The monoisotopic (exact) mass is 438 g/mol. The molecule has 7 heteroatoms. The van der Waals surface area contributed by atoms with Gasteiger partial charge in [-0.1, -0.05) is 24.3 Å². The second-order valence-corrected chi connectivity index (χ2v) is 9.11. The zero-order valence-electron chi connectivity index (χ0n) is 18.0. The summed E-state index contributed by atoms with van der Waals surface area (Å²) < 4.78 is 34.2. The summed E-state index contributed by atoms with van der Waals surface area (Å²) in [4.78, 5) is 11.4. The maximum absolute atomic E-state index is 13.8. The lowest BCUT2D eigenvalue weighted by Gasteiger charge is -2.31. The number of carbonyl (C=O) groups is 1. The van der Waals surface area contributed by atoms with Gasteiger partial charge in [-0.05, 0) is 73.5 Å². The van der Waals surface area contributed by atoms with E-state index in [0.717, 1.165) is 11.1 Å². The zero-order valence-corrected chi connectivity index (χ0v) is 18.8. The molecule has 0 bridgehead atoms. The summed E-state index contributed by atoms with van der Waals surface area (Å²) in [7, 11) is -2.32. The van der Waals surface area contributed by atoms with Crippen LogP contribution in [0.5, 0.6) is 5.75 Å². The molecule has 1 atom stereocenters. The van der Waals surface area contributed by atoms with Crippen LogP contribution in [0.15, 0.2) is 77.7 Å². The highest BCUT2D eigenvalue weighted by molar-refractivity contribution is 7.92. The number of methoxy groups -OCH3 is 1. The minimum absolute atomic E-state index is 0.137. The van der Waals surface area contributed by atoms with Crippen LogP contribution < -0.4 is 14.4 Å². The first-order valence-electron chi connectivity index (χ1n) is 9.85. The van der Waals surface area contributed by atoms with Crippen LogP contribution >= 0.6 is 0 Å². The molecule has 0 fully saturated rings. The van der Waals surface area contributed by atoms with Gasteiger partial charge in [-0.15, -0.1) is 0 Å². The number of amides is 1. The van der Waals surface area contributed by atoms with Crippen LogP contribution in [-0.4, -0.2) is 21.4 Å². The van der Waals surface area contributed by atoms with Gasteiger partial charge in [0.15, 0.2) is 0 Å². The number of nitrogens with zero attached hydrogens (tertiary/aromatic N) is 1. The predicted molar refractivity (Wildman–Crippen MR) is 123 cm³/mol. The number of hydrogen-bond acceptors (Lipinski definition) is 4. The minimum Gasteiger partial charge on any atom is -0.497 e. The highest BCUT2D eigenvalue weighted by Crippen LogP contribution is 2.35. The van der Waals surface area contributed by atoms with Gasteiger partial charge in [0.1, 0.15) is 5.75 Å². The maximum Gasteiger partial charge on any atom is 0.264 e. The molecule has 31 heavy (non-hydrogen) atoms. The zero-order chi connectivity index (χ0) is 22.6. The van der Waals surface area contributed by atoms with Gasteiger partial charge in [0, 0.05) is 12.6 Å². The normalized spacial score (nSPS) is 12.1. The molecule has 6 nitrogen and oxygen atoms in total. The summed E-state index contributed by atoms with van der Waals surface area (Å²) in [5, 5.41) is 2.65. The third-order valence-electron chi connectivity index (χ3n) is 4.92. The van der Waals surface area contributed by atoms with Gasteiger partial charge in [-0.25, -0.2) is 8.42 Å². The van der Waals surface area contributed by atoms with Crippen LogP contribution in [0, 0.1) is 6.92 Å². The quantitative estimate of drug-likeness (QED) is 0.568. The van der Waals surface area contributed by atoms with Gasteiger partial charge < -0.3 is 10.1 Å². The van der Waals surface area contributed by atoms with E-state index in [1.165, 1.54) is 23.4 Å². The first kappa shape index (κ1) is 22.4. The largest absolute Gasteiger partial charge is 0.497 e. The molecule has 0 aliphatic rings. The Morgan fingerprint density at radius 3 is 2.29 bits per heavy atom. The standard InChI is InChI=1S/C24H26N2O4S/c1-17-7-5-9-22(15-17)26(18(2)20-8-6-10-23(16-20)30-4)31(28,29)24-13-11-21(12-14-24)25-19(3)27/h5-16,18H,1-4H3,(H,25,27)/t18-/m0/s1. The molecule has 3 aromatic carbocycles. The van der Waals surface area contributed by atoms with E-state index in [1.54, 1.807) is 25.3 Å². The van der Waals surface area contributed by atoms with Gasteiger partial charge >= 0.3 is 0 Å². The molecular weight excluding hydrogens is 412 g/mol. The molecule has 1 amide bonds. The number of benzene rings is 3. The molecule has 0 aliphatic heterocycles. The number of carbonyl (C=O) groups excluding carboxylic acids is 1. The van der Waals surface area contributed by atoms with Gasteiger partial charge in [0.2, 0.25) is 5.91 Å². The number of ether oxygens (including phenoxy) is 1. The maximum atomic E-state index is 13.8. The van der Waals surface area contributed by atoms with Crippen molar-refractivity contribution < 1.29 is 17.9 Å². The van der Waals surface area contributed by atoms with Crippen molar-refractivity contribution in [2.24, 2.45) is 0 Å². The second kappa shape index (κ2) is 9.22. The number of nitrogens with one attached hydrogen (secondary N) is 1. The lowest BCUT2D eigenvalue weighted by Crippen LogP contribution is -2.33. The summed E-state index contributed by atoms with van der Waals surface area (Å²) in [5.74, 6) is 0.439. The van der Waals surface area contributed by atoms with E-state index in [4.69, 9.17) is 4.74 Å². The Morgan fingerprint density at radius 2 is 1.68 bits per heavy atom. The smallest absolute Gasteiger partial charge is 0.264 e. The Kier molecular flexibility index (Phi) is 6.65. The van der Waals surface area contributed by atoms with E-state index >= 15 is 0 Å². The van der Waals surface area contributed by atoms with Gasteiger partial charge in [-0.3, -0.25) is 9.10 Å². The fraction of sp³-hybridized carbons (Fsp3) is 0.208. The summed E-state index contributed by atoms with van der Waals surface area (Å²) >= 11 is 0. The molecule has 3 rings (SSSR count). The van der Waals surface area contributed by atoms with Gasteiger partial charge in [0.05, 0.1) is 23.7 Å². The van der Waals surface area contributed by atoms with Gasteiger partial charge in [0.25, 0.3) is 10.0 Å². The molecule has 1 N–H and O–H groups in total. The van der Waals surface area contributed by atoms with Gasteiger partial charge in [-0.2, -0.15) is 0 Å². The highest BCUT2D eigenvalue weighted by Gasteiger charge is 2.30. The third-order valence-corrected chi connectivity index (χ3v) is 6.83. The number of sulfonamides is 1. The Hall–Kier alpha value is -3.32. The highest BCUT2D eigenvalue weighted by atomic mass is 32.2. The lowest BCUT2D eigenvalue weighted by atomic mass is 10.1. The first-order valence-corrected chi connectivity index (χ1v) is 11.3. The molecule has 0 saturated heterocycles. The van der Waals surface area contributed by atoms with E-state index in [9.17, 15) is 13.2 Å². The van der Waals surface area contributed by atoms with Crippen LogP contribution in [0.2, 0.25) is 0 Å². The second-order valence-electron chi connectivity index (χ2n) is 7.30. The van der Waals surface area contributed by atoms with Crippen LogP contribution in [0.1, 0.15) is 31.0 Å². The van der Waals surface area contributed by atoms with E-state index < -0.39 is 16.1 Å². The Balaban J connectivity index is 2.10. The summed E-state index contributed by atoms with van der Waals surface area (Å²) in [6.45, 7) is 5.17. The molecule has 0 aromatic heterocycles. The lowest BCUT2D eigenvalue weighted by molar-refractivity contribution is -0.114. The molecule has 0 heterocycles. The van der Waals surface area contributed by atoms with Crippen LogP contribution in [0.4, 0.5) is 11.4 Å². The van der Waals surface area contributed by atoms with Crippen molar-refractivity contribution in [2.45, 2.75) is 31.7 Å². The van der Waals surface area contributed by atoms with Crippen molar-refractivity contribution in [2.75, 3.05) is 16.7 Å². The fourth-order valence-electron chi connectivity index (χ4n) is 3.40. The molecule has 0 aliphatic carbocycles. The Labute approximate surface area is 183 Å². The van der Waals surface area contributed by atoms with Crippen molar-refractivity contribution in [3.63, 3.8) is 0 Å². The molecule has 0 spiro atoms. The molecule has 0 radical (unpaired) electrons. The minimum atomic E-state index is -3.90. The van der Waals surface area contributed by atoms with Crippen LogP contribution in [0.25, 0.3) is 0 Å². The topological polar surface area (TPSA) is 75.7 Å². The van der Waals surface area contributed by atoms with Crippen LogP contribution in [0.3, 0.4) is 0 Å². The number of hydrogen-bond donors (Lipinski definition) is 1. The van der Waals surface area contributed by atoms with E-state index in [-0.39, 0.29) is 10.8 Å². The third kappa shape index (κ3) is 5.06. The summed E-state index contributed by atoms with van der Waals surface area (Å²) in [5.41, 5.74) is 2.87. The van der Waals surface area contributed by atoms with Crippen molar-refractivity contribution in [1.82, 2.24) is 0 Å². The van der Waals surface area contributed by atoms with E-state index in [2.05, 4.69) is 5.32 Å². The van der Waals surface area contributed by atoms with E-state index in [1.807, 2.05) is 56.3 Å². The van der Waals surface area contributed by atoms with Crippen molar-refractivity contribution in [3.8, 4) is 5.75 Å². The van der Waals surface area contributed by atoms with E-state index in [0.29, 0.717) is 17.1 Å². The van der Waals surface area contributed by atoms with Crippen LogP contribution in [-0.2, 0) is 14.8 Å². The molecule has 3 aromatic rings. The average molecular weight is 439 g/mol. The molecule has 162 valence electrons. The first-order chi connectivity index (χ1) is 14.7. The fourth-order valence-corrected chi connectivity index (χ4v) is 5.04. The average Bonchev–Trinajstić information content (AvgIpc) is 2.73. The number of rotatable bonds is 7. The number of aryl methyl sites for hydroxylation is 1. The predicted octanol–water partition coefficient (Wildman–Crippen LogP) is 4.92. The molecule has 0 saturated carbocycles. The molecular formula is C24H26N2O4S. The summed E-state index contributed by atoms with van der Waals surface area (Å²) in [6.07, 6.45) is 0. The van der Waals surface area contributed by atoms with Crippen molar-refractivity contribution in [1.29, 1.82) is 0 Å².